The van der Waals surface area contributed by atoms with Crippen LogP contribution in [0.5, 0.6) is 0 Å². The molecule has 0 aliphatic heterocycles. The third-order valence-electron chi connectivity index (χ3n) is 4.17. The third kappa shape index (κ3) is 2.96. The average molecular weight is 286 g/mol. The Bertz CT molecular complexity index is 754. The van der Waals surface area contributed by atoms with E-state index in [1.54, 1.807) is 0 Å². The predicted molar refractivity (Wildman–Crippen MR) is 96.0 cm³/mol. The van der Waals surface area contributed by atoms with Gasteiger partial charge in [-0.25, -0.2) is 0 Å². The first-order valence-corrected chi connectivity index (χ1v) is 8.04. The maximum absolute atomic E-state index is 2.33. The molecule has 0 bridgehead atoms. The van der Waals surface area contributed by atoms with E-state index in [9.17, 15) is 0 Å². The number of benzene rings is 3. The van der Waals surface area contributed by atoms with Crippen LogP contribution < -0.4 is 0 Å². The van der Waals surface area contributed by atoms with Crippen LogP contribution in [0.2, 0.25) is 0 Å². The maximum Gasteiger partial charge on any atom is -0.0146 e. The van der Waals surface area contributed by atoms with Crippen molar-refractivity contribution in [3.05, 3.63) is 83.9 Å². The van der Waals surface area contributed by atoms with Gasteiger partial charge in [-0.05, 0) is 52.8 Å². The zero-order valence-corrected chi connectivity index (χ0v) is 13.3. The van der Waals surface area contributed by atoms with Gasteiger partial charge in [0.05, 0.1) is 0 Å². The average Bonchev–Trinajstić information content (AvgIpc) is 2.57. The summed E-state index contributed by atoms with van der Waals surface area (Å²) in [5.41, 5.74) is 8.07. The van der Waals surface area contributed by atoms with Crippen molar-refractivity contribution < 1.29 is 0 Å². The van der Waals surface area contributed by atoms with Crippen LogP contribution in [0, 0.1) is 6.92 Å². The van der Waals surface area contributed by atoms with E-state index in [4.69, 9.17) is 0 Å². The molecule has 0 heterocycles. The van der Waals surface area contributed by atoms with Crippen molar-refractivity contribution in [3.63, 3.8) is 0 Å². The number of hydrogen-bond acceptors (Lipinski definition) is 0. The molecule has 0 atom stereocenters. The lowest BCUT2D eigenvalue weighted by molar-refractivity contribution is 0.923. The van der Waals surface area contributed by atoms with Crippen molar-refractivity contribution in [1.29, 1.82) is 0 Å². The molecule has 0 saturated carbocycles. The summed E-state index contributed by atoms with van der Waals surface area (Å²) in [4.78, 5) is 0. The minimum atomic E-state index is 1.13. The Balaban J connectivity index is 2.12. The predicted octanol–water partition coefficient (Wildman–Crippen LogP) is 6.28. The second kappa shape index (κ2) is 6.62. The second-order valence-electron chi connectivity index (χ2n) is 5.80. The first-order valence-electron chi connectivity index (χ1n) is 8.04. The van der Waals surface area contributed by atoms with Crippen LogP contribution in [0.25, 0.3) is 22.3 Å². The van der Waals surface area contributed by atoms with E-state index in [2.05, 4.69) is 86.6 Å². The van der Waals surface area contributed by atoms with E-state index >= 15 is 0 Å². The van der Waals surface area contributed by atoms with Gasteiger partial charge < -0.3 is 0 Å². The lowest BCUT2D eigenvalue weighted by Crippen LogP contribution is -1.92. The number of aryl methyl sites for hydroxylation is 2. The largest absolute Gasteiger partial charge is 0.0651 e. The minimum Gasteiger partial charge on any atom is -0.0651 e. The van der Waals surface area contributed by atoms with Crippen LogP contribution in [0.15, 0.2) is 72.8 Å². The molecule has 0 heteroatoms. The van der Waals surface area contributed by atoms with Crippen molar-refractivity contribution in [2.24, 2.45) is 0 Å². The summed E-state index contributed by atoms with van der Waals surface area (Å²) in [6.45, 7) is 4.44. The summed E-state index contributed by atoms with van der Waals surface area (Å²) in [5, 5.41) is 0. The summed E-state index contributed by atoms with van der Waals surface area (Å²) in [6.07, 6.45) is 2.31. The second-order valence-corrected chi connectivity index (χ2v) is 5.80. The Labute approximate surface area is 133 Å². The van der Waals surface area contributed by atoms with Gasteiger partial charge in [0.25, 0.3) is 0 Å². The molecule has 0 amide bonds. The lowest BCUT2D eigenvalue weighted by Gasteiger charge is -2.13. The molecule has 0 aliphatic carbocycles. The summed E-state index contributed by atoms with van der Waals surface area (Å²) in [5.74, 6) is 0. The fourth-order valence-electron chi connectivity index (χ4n) is 2.99. The fourth-order valence-corrected chi connectivity index (χ4v) is 2.99. The Kier molecular flexibility index (Phi) is 4.39. The van der Waals surface area contributed by atoms with Gasteiger partial charge >= 0.3 is 0 Å². The van der Waals surface area contributed by atoms with Gasteiger partial charge in [-0.15, -0.1) is 0 Å². The van der Waals surface area contributed by atoms with Crippen molar-refractivity contribution >= 4 is 0 Å². The van der Waals surface area contributed by atoms with E-state index < -0.39 is 0 Å². The molecule has 0 aromatic heterocycles. The first kappa shape index (κ1) is 14.6. The summed E-state index contributed by atoms with van der Waals surface area (Å²) in [6, 6.07) is 26.2. The standard InChI is InChI=1S/C22H22/c1-3-9-19-12-7-8-13-21(19)22-16-20(15-14-17(22)2)18-10-5-4-6-11-18/h4-8,10-16H,3,9H2,1-2H3. The highest BCUT2D eigenvalue weighted by Gasteiger charge is 2.08. The SMILES string of the molecule is CCCc1ccccc1-c1cc(-c2ccccc2)ccc1C. The number of rotatable bonds is 4. The van der Waals surface area contributed by atoms with Crippen LogP contribution in [0.1, 0.15) is 24.5 Å². The highest BCUT2D eigenvalue weighted by molar-refractivity contribution is 5.77. The molecule has 0 nitrogen and oxygen atoms in total. The Morgan fingerprint density at radius 3 is 2.18 bits per heavy atom. The van der Waals surface area contributed by atoms with Crippen molar-refractivity contribution in [3.8, 4) is 22.3 Å². The molecular weight excluding hydrogens is 264 g/mol. The molecule has 3 aromatic carbocycles. The Morgan fingerprint density at radius 2 is 1.41 bits per heavy atom. The van der Waals surface area contributed by atoms with Crippen LogP contribution in [-0.2, 0) is 6.42 Å². The van der Waals surface area contributed by atoms with Gasteiger partial charge in [-0.3, -0.25) is 0 Å². The quantitative estimate of drug-likeness (QED) is 0.529. The van der Waals surface area contributed by atoms with E-state index in [-0.39, 0.29) is 0 Å². The Morgan fingerprint density at radius 1 is 0.682 bits per heavy atom. The van der Waals surface area contributed by atoms with Gasteiger partial charge in [0.15, 0.2) is 0 Å². The molecule has 22 heavy (non-hydrogen) atoms. The first-order chi connectivity index (χ1) is 10.8. The molecule has 0 N–H and O–H groups in total. The summed E-state index contributed by atoms with van der Waals surface area (Å²) in [7, 11) is 0. The molecular formula is C22H22. The van der Waals surface area contributed by atoms with Gasteiger partial charge in [0, 0.05) is 0 Å². The molecule has 110 valence electrons. The van der Waals surface area contributed by atoms with Crippen LogP contribution in [0.4, 0.5) is 0 Å². The summed E-state index contributed by atoms with van der Waals surface area (Å²) < 4.78 is 0. The highest BCUT2D eigenvalue weighted by atomic mass is 14.1. The molecule has 0 spiro atoms. The zero-order chi connectivity index (χ0) is 15.4. The van der Waals surface area contributed by atoms with Crippen molar-refractivity contribution in [1.82, 2.24) is 0 Å². The van der Waals surface area contributed by atoms with Crippen LogP contribution >= 0.6 is 0 Å². The highest BCUT2D eigenvalue weighted by Crippen LogP contribution is 2.31. The third-order valence-corrected chi connectivity index (χ3v) is 4.17. The monoisotopic (exact) mass is 286 g/mol. The van der Waals surface area contributed by atoms with Crippen LogP contribution in [-0.4, -0.2) is 0 Å². The van der Waals surface area contributed by atoms with Gasteiger partial charge in [0.1, 0.15) is 0 Å². The number of hydrogen-bond donors (Lipinski definition) is 0. The van der Waals surface area contributed by atoms with Crippen molar-refractivity contribution in [2.75, 3.05) is 0 Å². The van der Waals surface area contributed by atoms with Crippen LogP contribution in [0.3, 0.4) is 0 Å². The fraction of sp³-hybridized carbons (Fsp3) is 0.182. The normalized spacial score (nSPS) is 10.6. The van der Waals surface area contributed by atoms with Crippen molar-refractivity contribution in [2.45, 2.75) is 26.7 Å². The topological polar surface area (TPSA) is 0 Å². The van der Waals surface area contributed by atoms with Gasteiger partial charge in [-0.2, -0.15) is 0 Å². The molecule has 0 fully saturated rings. The van der Waals surface area contributed by atoms with E-state index in [1.807, 2.05) is 0 Å². The summed E-state index contributed by atoms with van der Waals surface area (Å²) >= 11 is 0. The Hall–Kier alpha value is -2.34. The molecule has 0 aliphatic rings. The lowest BCUT2D eigenvalue weighted by atomic mass is 9.91. The minimum absolute atomic E-state index is 1.13. The zero-order valence-electron chi connectivity index (χ0n) is 13.3. The molecule has 0 unspecified atom stereocenters. The van der Waals surface area contributed by atoms with E-state index in [0.717, 1.165) is 6.42 Å². The van der Waals surface area contributed by atoms with Gasteiger partial charge in [-0.1, -0.05) is 80.1 Å². The maximum atomic E-state index is 2.33. The molecule has 0 radical (unpaired) electrons. The van der Waals surface area contributed by atoms with Gasteiger partial charge in [0.2, 0.25) is 0 Å². The van der Waals surface area contributed by atoms with E-state index in [1.165, 1.54) is 39.8 Å². The molecule has 3 aromatic rings. The smallest absolute Gasteiger partial charge is 0.0146 e. The van der Waals surface area contributed by atoms with E-state index in [0.29, 0.717) is 0 Å². The molecule has 0 saturated heterocycles. The molecule has 3 rings (SSSR count).